The molecule has 2 aromatic rings. The van der Waals surface area contributed by atoms with Crippen LogP contribution in [0.2, 0.25) is 0 Å². The molecular formula is C13H15N3O. The number of aromatic amines is 1. The maximum Gasteiger partial charge on any atom is 0.236 e. The van der Waals surface area contributed by atoms with Crippen molar-refractivity contribution in [1.82, 2.24) is 10.4 Å². The summed E-state index contributed by atoms with van der Waals surface area (Å²) in [7, 11) is 0. The third-order valence-corrected chi connectivity index (χ3v) is 2.53. The summed E-state index contributed by atoms with van der Waals surface area (Å²) in [5, 5.41) is 5.21. The first-order chi connectivity index (χ1) is 8.16. The molecule has 4 nitrogen and oxygen atoms in total. The highest BCUT2D eigenvalue weighted by molar-refractivity contribution is 5.91. The molecule has 0 spiro atoms. The minimum absolute atomic E-state index is 0.150. The molecule has 0 unspecified atom stereocenters. The molecule has 4 heteroatoms. The minimum Gasteiger partial charge on any atom is -0.361 e. The van der Waals surface area contributed by atoms with E-state index in [-0.39, 0.29) is 5.91 Å². The Kier molecular flexibility index (Phi) is 3.23. The summed E-state index contributed by atoms with van der Waals surface area (Å²) in [6.45, 7) is 3.35. The van der Waals surface area contributed by atoms with Crippen molar-refractivity contribution >= 4 is 22.5 Å². The number of rotatable bonds is 3. The van der Waals surface area contributed by atoms with E-state index >= 15 is 0 Å². The molecule has 1 heterocycles. The van der Waals surface area contributed by atoms with Gasteiger partial charge in [0.1, 0.15) is 0 Å². The molecule has 88 valence electrons. The van der Waals surface area contributed by atoms with Gasteiger partial charge < -0.3 is 4.98 Å². The predicted octanol–water partition coefficient (Wildman–Crippen LogP) is 2.22. The number of H-pyrrole nitrogens is 1. The summed E-state index contributed by atoms with van der Waals surface area (Å²) in [5.74, 6) is -0.150. The Balaban J connectivity index is 2.18. The van der Waals surface area contributed by atoms with Crippen LogP contribution < -0.4 is 5.43 Å². The Labute approximate surface area is 99.7 Å². The number of nitrogens with zero attached hydrogens (tertiary/aromatic N) is 1. The van der Waals surface area contributed by atoms with Crippen molar-refractivity contribution in [3.05, 3.63) is 36.0 Å². The second kappa shape index (κ2) is 4.82. The molecular weight excluding hydrogens is 214 g/mol. The summed E-state index contributed by atoms with van der Waals surface area (Å²) in [6, 6.07) is 8.13. The van der Waals surface area contributed by atoms with E-state index in [1.54, 1.807) is 0 Å². The van der Waals surface area contributed by atoms with Gasteiger partial charge in [-0.2, -0.15) is 5.10 Å². The predicted molar refractivity (Wildman–Crippen MR) is 68.9 cm³/mol. The molecule has 1 aromatic carbocycles. The smallest absolute Gasteiger partial charge is 0.236 e. The van der Waals surface area contributed by atoms with Gasteiger partial charge in [-0.15, -0.1) is 0 Å². The molecule has 1 aromatic heterocycles. The van der Waals surface area contributed by atoms with E-state index in [0.29, 0.717) is 0 Å². The zero-order valence-electron chi connectivity index (χ0n) is 9.95. The Morgan fingerprint density at radius 2 is 2.12 bits per heavy atom. The first-order valence-corrected chi connectivity index (χ1v) is 5.51. The lowest BCUT2D eigenvalue weighted by Crippen LogP contribution is -2.15. The highest BCUT2D eigenvalue weighted by Gasteiger charge is 2.04. The largest absolute Gasteiger partial charge is 0.361 e. The van der Waals surface area contributed by atoms with E-state index in [0.717, 1.165) is 17.6 Å². The molecule has 0 aliphatic carbocycles. The zero-order chi connectivity index (χ0) is 12.3. The van der Waals surface area contributed by atoms with Crippen molar-refractivity contribution in [2.24, 2.45) is 5.10 Å². The SMILES string of the molecule is CC(=O)N/N=C(/C)Cc1c[nH]c2ccccc12. The van der Waals surface area contributed by atoms with E-state index in [2.05, 4.69) is 21.6 Å². The van der Waals surface area contributed by atoms with E-state index in [9.17, 15) is 4.79 Å². The van der Waals surface area contributed by atoms with Crippen LogP contribution in [0.3, 0.4) is 0 Å². The average molecular weight is 229 g/mol. The fraction of sp³-hybridized carbons (Fsp3) is 0.231. The van der Waals surface area contributed by atoms with Crippen molar-refractivity contribution in [3.8, 4) is 0 Å². The van der Waals surface area contributed by atoms with Gasteiger partial charge in [0.05, 0.1) is 0 Å². The van der Waals surface area contributed by atoms with Crippen molar-refractivity contribution in [2.75, 3.05) is 0 Å². The van der Waals surface area contributed by atoms with Crippen LogP contribution in [0.4, 0.5) is 0 Å². The second-order valence-corrected chi connectivity index (χ2v) is 4.05. The Bertz CT molecular complexity index is 569. The van der Waals surface area contributed by atoms with Crippen molar-refractivity contribution < 1.29 is 4.79 Å². The minimum atomic E-state index is -0.150. The molecule has 0 saturated carbocycles. The third kappa shape index (κ3) is 2.72. The summed E-state index contributed by atoms with van der Waals surface area (Å²) >= 11 is 0. The van der Waals surface area contributed by atoms with Crippen LogP contribution in [0, 0.1) is 0 Å². The number of hydrogen-bond acceptors (Lipinski definition) is 2. The van der Waals surface area contributed by atoms with Crippen LogP contribution in [-0.2, 0) is 11.2 Å². The first kappa shape index (κ1) is 11.4. The Morgan fingerprint density at radius 1 is 1.35 bits per heavy atom. The summed E-state index contributed by atoms with van der Waals surface area (Å²) in [5.41, 5.74) is 5.63. The highest BCUT2D eigenvalue weighted by Crippen LogP contribution is 2.18. The molecule has 1 amide bonds. The summed E-state index contributed by atoms with van der Waals surface area (Å²) in [4.78, 5) is 14.0. The molecule has 0 aliphatic rings. The lowest BCUT2D eigenvalue weighted by molar-refractivity contribution is -0.118. The Morgan fingerprint density at radius 3 is 2.88 bits per heavy atom. The fourth-order valence-corrected chi connectivity index (χ4v) is 1.77. The van der Waals surface area contributed by atoms with Gasteiger partial charge in [-0.1, -0.05) is 18.2 Å². The van der Waals surface area contributed by atoms with Crippen molar-refractivity contribution in [2.45, 2.75) is 20.3 Å². The third-order valence-electron chi connectivity index (χ3n) is 2.53. The molecule has 0 atom stereocenters. The number of hydrogen-bond donors (Lipinski definition) is 2. The molecule has 2 N–H and O–H groups in total. The number of carbonyl (C=O) groups excluding carboxylic acids is 1. The summed E-state index contributed by atoms with van der Waals surface area (Å²) < 4.78 is 0. The van der Waals surface area contributed by atoms with Crippen LogP contribution in [0.5, 0.6) is 0 Å². The molecule has 2 rings (SSSR count). The Hall–Kier alpha value is -2.10. The highest BCUT2D eigenvalue weighted by atomic mass is 16.2. The fourth-order valence-electron chi connectivity index (χ4n) is 1.77. The van der Waals surface area contributed by atoms with Crippen molar-refractivity contribution in [1.29, 1.82) is 0 Å². The molecule has 0 bridgehead atoms. The quantitative estimate of drug-likeness (QED) is 0.615. The number of fused-ring (bicyclic) bond motifs is 1. The van der Waals surface area contributed by atoms with E-state index in [1.807, 2.05) is 31.3 Å². The van der Waals surface area contributed by atoms with E-state index < -0.39 is 0 Å². The van der Waals surface area contributed by atoms with Crippen LogP contribution >= 0.6 is 0 Å². The van der Waals surface area contributed by atoms with E-state index in [4.69, 9.17) is 0 Å². The monoisotopic (exact) mass is 229 g/mol. The number of hydrazone groups is 1. The van der Waals surface area contributed by atoms with Gasteiger partial charge in [0.25, 0.3) is 0 Å². The molecule has 0 fully saturated rings. The molecule has 17 heavy (non-hydrogen) atoms. The van der Waals surface area contributed by atoms with Gasteiger partial charge in [-0.3, -0.25) is 4.79 Å². The van der Waals surface area contributed by atoms with Crippen LogP contribution in [0.15, 0.2) is 35.6 Å². The number of nitrogens with one attached hydrogen (secondary N) is 2. The number of benzene rings is 1. The lowest BCUT2D eigenvalue weighted by atomic mass is 10.1. The molecule has 0 saturated heterocycles. The number of carbonyl (C=O) groups is 1. The van der Waals surface area contributed by atoms with Gasteiger partial charge in [0.15, 0.2) is 0 Å². The van der Waals surface area contributed by atoms with Gasteiger partial charge in [-0.25, -0.2) is 5.43 Å². The van der Waals surface area contributed by atoms with Crippen LogP contribution in [-0.4, -0.2) is 16.6 Å². The number of aromatic nitrogens is 1. The lowest BCUT2D eigenvalue weighted by Gasteiger charge is -2.00. The van der Waals surface area contributed by atoms with Crippen LogP contribution in [0.25, 0.3) is 10.9 Å². The topological polar surface area (TPSA) is 57.2 Å². The van der Waals surface area contributed by atoms with Crippen LogP contribution in [0.1, 0.15) is 19.4 Å². The van der Waals surface area contributed by atoms with Crippen molar-refractivity contribution in [3.63, 3.8) is 0 Å². The van der Waals surface area contributed by atoms with Gasteiger partial charge in [-0.05, 0) is 18.6 Å². The molecule has 0 radical (unpaired) electrons. The van der Waals surface area contributed by atoms with E-state index in [1.165, 1.54) is 17.9 Å². The second-order valence-electron chi connectivity index (χ2n) is 4.05. The average Bonchev–Trinajstić information content (AvgIpc) is 2.70. The maximum atomic E-state index is 10.7. The molecule has 0 aliphatic heterocycles. The zero-order valence-corrected chi connectivity index (χ0v) is 9.95. The number of para-hydroxylation sites is 1. The standard InChI is InChI=1S/C13H15N3O/c1-9(15-16-10(2)17)7-11-8-14-13-6-4-3-5-12(11)13/h3-6,8,14H,7H2,1-2H3,(H,16,17)/b15-9-. The van der Waals surface area contributed by atoms with Gasteiger partial charge in [0, 0.05) is 36.2 Å². The summed E-state index contributed by atoms with van der Waals surface area (Å²) in [6.07, 6.45) is 2.71. The normalized spacial score (nSPS) is 11.8. The maximum absolute atomic E-state index is 10.7. The van der Waals surface area contributed by atoms with Gasteiger partial charge in [0.2, 0.25) is 5.91 Å². The number of amides is 1. The first-order valence-electron chi connectivity index (χ1n) is 5.51. The van der Waals surface area contributed by atoms with Gasteiger partial charge >= 0.3 is 0 Å².